The molecular formula is C17H22N2. The molecular weight excluding hydrogens is 232 g/mol. The van der Waals surface area contributed by atoms with Crippen LogP contribution in [0.2, 0.25) is 0 Å². The van der Waals surface area contributed by atoms with Crippen molar-refractivity contribution in [2.75, 3.05) is 25.0 Å². The highest BCUT2D eigenvalue weighted by Crippen LogP contribution is 2.20. The Labute approximate surface area is 115 Å². The van der Waals surface area contributed by atoms with Crippen molar-refractivity contribution in [1.29, 1.82) is 0 Å². The first kappa shape index (κ1) is 13.6. The van der Waals surface area contributed by atoms with Gasteiger partial charge in [0.05, 0.1) is 0 Å². The van der Waals surface area contributed by atoms with Crippen LogP contribution in [0.3, 0.4) is 0 Å². The molecule has 2 aromatic rings. The van der Waals surface area contributed by atoms with Gasteiger partial charge in [-0.25, -0.2) is 0 Å². The molecule has 19 heavy (non-hydrogen) atoms. The van der Waals surface area contributed by atoms with Gasteiger partial charge in [-0.1, -0.05) is 49.4 Å². The Morgan fingerprint density at radius 1 is 0.737 bits per heavy atom. The Hall–Kier alpha value is -1.80. The third-order valence-corrected chi connectivity index (χ3v) is 3.05. The summed E-state index contributed by atoms with van der Waals surface area (Å²) in [5.41, 5.74) is 3.70. The van der Waals surface area contributed by atoms with Gasteiger partial charge in [-0.05, 0) is 36.2 Å². The fourth-order valence-electron chi connectivity index (χ4n) is 2.01. The van der Waals surface area contributed by atoms with Gasteiger partial charge in [0.2, 0.25) is 0 Å². The van der Waals surface area contributed by atoms with E-state index in [1.54, 1.807) is 0 Å². The maximum atomic E-state index is 3.42. The molecule has 2 rings (SSSR count). The summed E-state index contributed by atoms with van der Waals surface area (Å²) in [6.45, 7) is 5.25. The molecule has 0 bridgehead atoms. The average molecular weight is 254 g/mol. The summed E-state index contributed by atoms with van der Waals surface area (Å²) < 4.78 is 0. The summed E-state index contributed by atoms with van der Waals surface area (Å²) in [7, 11) is 0. The van der Waals surface area contributed by atoms with Gasteiger partial charge in [0.25, 0.3) is 0 Å². The quantitative estimate of drug-likeness (QED) is 0.735. The number of hydrogen-bond donors (Lipinski definition) is 2. The van der Waals surface area contributed by atoms with Crippen molar-refractivity contribution in [3.63, 3.8) is 0 Å². The molecule has 0 spiro atoms. The van der Waals surface area contributed by atoms with Crippen molar-refractivity contribution < 1.29 is 0 Å². The number of rotatable bonds is 7. The molecule has 0 aliphatic heterocycles. The van der Waals surface area contributed by atoms with Crippen LogP contribution < -0.4 is 10.6 Å². The number of hydrogen-bond acceptors (Lipinski definition) is 2. The van der Waals surface area contributed by atoms with Crippen LogP contribution in [0.25, 0.3) is 11.1 Å². The van der Waals surface area contributed by atoms with Gasteiger partial charge < -0.3 is 10.6 Å². The van der Waals surface area contributed by atoms with Crippen LogP contribution in [0.5, 0.6) is 0 Å². The highest BCUT2D eigenvalue weighted by Gasteiger charge is 1.96. The Balaban J connectivity index is 1.85. The molecule has 0 fully saturated rings. The zero-order chi connectivity index (χ0) is 13.3. The SMILES string of the molecule is CCCNCCNc1ccc(-c2ccccc2)cc1. The maximum Gasteiger partial charge on any atom is 0.0341 e. The van der Waals surface area contributed by atoms with E-state index in [-0.39, 0.29) is 0 Å². The zero-order valence-electron chi connectivity index (χ0n) is 11.5. The molecule has 0 amide bonds. The molecule has 2 heteroatoms. The van der Waals surface area contributed by atoms with E-state index in [1.165, 1.54) is 23.2 Å². The second kappa shape index (κ2) is 7.59. The van der Waals surface area contributed by atoms with Crippen molar-refractivity contribution >= 4 is 5.69 Å². The Morgan fingerprint density at radius 3 is 2.11 bits per heavy atom. The van der Waals surface area contributed by atoms with E-state index < -0.39 is 0 Å². The summed E-state index contributed by atoms with van der Waals surface area (Å²) in [5.74, 6) is 0. The third-order valence-electron chi connectivity index (χ3n) is 3.05. The lowest BCUT2D eigenvalue weighted by molar-refractivity contribution is 0.688. The fraction of sp³-hybridized carbons (Fsp3) is 0.294. The standard InChI is InChI=1S/C17H22N2/c1-2-12-18-13-14-19-17-10-8-16(9-11-17)15-6-4-3-5-7-15/h3-11,18-19H,2,12-14H2,1H3. The number of anilines is 1. The van der Waals surface area contributed by atoms with Crippen LogP contribution in [-0.4, -0.2) is 19.6 Å². The van der Waals surface area contributed by atoms with Crippen LogP contribution in [0, 0.1) is 0 Å². The highest BCUT2D eigenvalue weighted by atomic mass is 14.9. The molecule has 0 heterocycles. The van der Waals surface area contributed by atoms with E-state index in [4.69, 9.17) is 0 Å². The average Bonchev–Trinajstić information content (AvgIpc) is 2.49. The van der Waals surface area contributed by atoms with Gasteiger partial charge >= 0.3 is 0 Å². The zero-order valence-corrected chi connectivity index (χ0v) is 11.5. The minimum absolute atomic E-state index is 0.963. The van der Waals surface area contributed by atoms with Crippen molar-refractivity contribution in [2.24, 2.45) is 0 Å². The van der Waals surface area contributed by atoms with Crippen molar-refractivity contribution in [3.05, 3.63) is 54.6 Å². The molecule has 0 aliphatic carbocycles. The van der Waals surface area contributed by atoms with E-state index in [9.17, 15) is 0 Å². The topological polar surface area (TPSA) is 24.1 Å². The van der Waals surface area contributed by atoms with Gasteiger partial charge in [-0.15, -0.1) is 0 Å². The molecule has 2 aromatic carbocycles. The molecule has 0 aliphatic rings. The molecule has 0 atom stereocenters. The first-order valence-electron chi connectivity index (χ1n) is 7.00. The lowest BCUT2D eigenvalue weighted by atomic mass is 10.1. The molecule has 0 aromatic heterocycles. The Bertz CT molecular complexity index is 462. The van der Waals surface area contributed by atoms with Crippen molar-refractivity contribution in [2.45, 2.75) is 13.3 Å². The van der Waals surface area contributed by atoms with E-state index in [2.05, 4.69) is 66.1 Å². The van der Waals surface area contributed by atoms with E-state index in [1.807, 2.05) is 6.07 Å². The minimum atomic E-state index is 0.963. The van der Waals surface area contributed by atoms with Gasteiger partial charge in [-0.3, -0.25) is 0 Å². The summed E-state index contributed by atoms with van der Waals surface area (Å²) in [4.78, 5) is 0. The first-order chi connectivity index (χ1) is 9.40. The molecule has 0 saturated heterocycles. The lowest BCUT2D eigenvalue weighted by Gasteiger charge is -2.08. The van der Waals surface area contributed by atoms with E-state index >= 15 is 0 Å². The first-order valence-corrected chi connectivity index (χ1v) is 7.00. The monoisotopic (exact) mass is 254 g/mol. The number of nitrogens with one attached hydrogen (secondary N) is 2. The summed E-state index contributed by atoms with van der Waals surface area (Å²) in [6.07, 6.45) is 1.19. The second-order valence-electron chi connectivity index (χ2n) is 4.62. The summed E-state index contributed by atoms with van der Waals surface area (Å²) >= 11 is 0. The van der Waals surface area contributed by atoms with E-state index in [0.29, 0.717) is 0 Å². The second-order valence-corrected chi connectivity index (χ2v) is 4.62. The van der Waals surface area contributed by atoms with Crippen LogP contribution in [0.1, 0.15) is 13.3 Å². The number of benzene rings is 2. The Kier molecular flexibility index (Phi) is 5.45. The van der Waals surface area contributed by atoms with Gasteiger partial charge in [0, 0.05) is 18.8 Å². The van der Waals surface area contributed by atoms with E-state index in [0.717, 1.165) is 19.6 Å². The molecule has 2 N–H and O–H groups in total. The minimum Gasteiger partial charge on any atom is -0.384 e. The predicted octanol–water partition coefficient (Wildman–Crippen LogP) is 3.77. The molecule has 0 radical (unpaired) electrons. The van der Waals surface area contributed by atoms with Crippen molar-refractivity contribution in [3.8, 4) is 11.1 Å². The van der Waals surface area contributed by atoms with Gasteiger partial charge in [0.15, 0.2) is 0 Å². The van der Waals surface area contributed by atoms with Crippen LogP contribution >= 0.6 is 0 Å². The smallest absolute Gasteiger partial charge is 0.0341 e. The third kappa shape index (κ3) is 4.42. The maximum absolute atomic E-state index is 3.42. The highest BCUT2D eigenvalue weighted by molar-refractivity contribution is 5.65. The van der Waals surface area contributed by atoms with Crippen LogP contribution in [-0.2, 0) is 0 Å². The van der Waals surface area contributed by atoms with Crippen LogP contribution in [0.15, 0.2) is 54.6 Å². The van der Waals surface area contributed by atoms with Crippen molar-refractivity contribution in [1.82, 2.24) is 5.32 Å². The normalized spacial score (nSPS) is 10.4. The Morgan fingerprint density at radius 2 is 1.42 bits per heavy atom. The fourth-order valence-corrected chi connectivity index (χ4v) is 2.01. The largest absolute Gasteiger partial charge is 0.384 e. The molecule has 2 nitrogen and oxygen atoms in total. The molecule has 0 saturated carbocycles. The summed E-state index contributed by atoms with van der Waals surface area (Å²) in [5, 5.41) is 6.80. The predicted molar refractivity (Wildman–Crippen MR) is 83.5 cm³/mol. The van der Waals surface area contributed by atoms with Crippen LogP contribution in [0.4, 0.5) is 5.69 Å². The molecule has 100 valence electrons. The van der Waals surface area contributed by atoms with Gasteiger partial charge in [-0.2, -0.15) is 0 Å². The lowest BCUT2D eigenvalue weighted by Crippen LogP contribution is -2.22. The summed E-state index contributed by atoms with van der Waals surface area (Å²) in [6, 6.07) is 19.1. The van der Waals surface area contributed by atoms with Gasteiger partial charge in [0.1, 0.15) is 0 Å². The molecule has 0 unspecified atom stereocenters.